The summed E-state index contributed by atoms with van der Waals surface area (Å²) >= 11 is 0. The maximum atomic E-state index is 12.3. The van der Waals surface area contributed by atoms with Crippen molar-refractivity contribution in [2.75, 3.05) is 25.1 Å². The SMILES string of the molecule is CCCC(CCO)CNC(=O)c1ccc2c(c1)CCC(=O)N2C. The Hall–Kier alpha value is -1.88. The quantitative estimate of drug-likeness (QED) is 0.809. The number of aryl methyl sites for hydroxylation is 1. The molecule has 0 saturated heterocycles. The summed E-state index contributed by atoms with van der Waals surface area (Å²) in [5, 5.41) is 12.0. The van der Waals surface area contributed by atoms with E-state index in [1.807, 2.05) is 12.1 Å². The van der Waals surface area contributed by atoms with Gasteiger partial charge in [-0.2, -0.15) is 0 Å². The van der Waals surface area contributed by atoms with E-state index in [0.717, 1.165) is 24.1 Å². The lowest BCUT2D eigenvalue weighted by atomic mass is 9.98. The third kappa shape index (κ3) is 4.32. The molecule has 1 aliphatic heterocycles. The Labute approximate surface area is 137 Å². The first-order valence-corrected chi connectivity index (χ1v) is 8.35. The van der Waals surface area contributed by atoms with Gasteiger partial charge in [0.15, 0.2) is 0 Å². The van der Waals surface area contributed by atoms with Gasteiger partial charge in [-0.1, -0.05) is 13.3 Å². The van der Waals surface area contributed by atoms with Crippen molar-refractivity contribution in [3.05, 3.63) is 29.3 Å². The molecule has 23 heavy (non-hydrogen) atoms. The Morgan fingerprint density at radius 2 is 2.13 bits per heavy atom. The molecule has 0 radical (unpaired) electrons. The number of fused-ring (bicyclic) bond motifs is 1. The van der Waals surface area contributed by atoms with Gasteiger partial charge in [0.2, 0.25) is 5.91 Å². The van der Waals surface area contributed by atoms with Gasteiger partial charge in [-0.3, -0.25) is 9.59 Å². The second-order valence-electron chi connectivity index (χ2n) is 6.17. The van der Waals surface area contributed by atoms with Crippen molar-refractivity contribution in [2.45, 2.75) is 39.0 Å². The van der Waals surface area contributed by atoms with Crippen LogP contribution in [0.15, 0.2) is 18.2 Å². The highest BCUT2D eigenvalue weighted by Gasteiger charge is 2.22. The summed E-state index contributed by atoms with van der Waals surface area (Å²) in [7, 11) is 1.77. The monoisotopic (exact) mass is 318 g/mol. The molecule has 1 aromatic carbocycles. The fraction of sp³-hybridized carbons (Fsp3) is 0.556. The molecule has 0 fully saturated rings. The molecule has 5 nitrogen and oxygen atoms in total. The smallest absolute Gasteiger partial charge is 0.251 e. The number of benzene rings is 1. The molecule has 126 valence electrons. The van der Waals surface area contributed by atoms with E-state index >= 15 is 0 Å². The minimum absolute atomic E-state index is 0.0913. The van der Waals surface area contributed by atoms with Gasteiger partial charge in [0.1, 0.15) is 0 Å². The maximum Gasteiger partial charge on any atom is 0.251 e. The minimum Gasteiger partial charge on any atom is -0.396 e. The van der Waals surface area contributed by atoms with E-state index < -0.39 is 0 Å². The van der Waals surface area contributed by atoms with Gasteiger partial charge in [0, 0.05) is 37.9 Å². The molecule has 1 aliphatic rings. The minimum atomic E-state index is -0.0913. The molecule has 1 atom stereocenters. The molecule has 1 aromatic rings. The zero-order valence-corrected chi connectivity index (χ0v) is 14.0. The predicted molar refractivity (Wildman–Crippen MR) is 90.6 cm³/mol. The highest BCUT2D eigenvalue weighted by atomic mass is 16.3. The Bertz CT molecular complexity index is 565. The molecule has 0 aliphatic carbocycles. The number of hydrogen-bond acceptors (Lipinski definition) is 3. The van der Waals surface area contributed by atoms with Gasteiger partial charge in [-0.15, -0.1) is 0 Å². The van der Waals surface area contributed by atoms with Crippen LogP contribution >= 0.6 is 0 Å². The number of anilines is 1. The standard InChI is InChI=1S/C18H26N2O3/c1-3-4-13(9-10-21)12-19-18(23)15-5-7-16-14(11-15)6-8-17(22)20(16)2/h5,7,11,13,21H,3-4,6,8-10,12H2,1-2H3,(H,19,23). The predicted octanol–water partition coefficient (Wildman–Crippen LogP) is 2.12. The number of carbonyl (C=O) groups is 2. The van der Waals surface area contributed by atoms with E-state index in [2.05, 4.69) is 12.2 Å². The number of hydrogen-bond donors (Lipinski definition) is 2. The molecule has 1 heterocycles. The summed E-state index contributed by atoms with van der Waals surface area (Å²) < 4.78 is 0. The summed E-state index contributed by atoms with van der Waals surface area (Å²) in [6.07, 6.45) is 3.93. The molecule has 2 amide bonds. The lowest BCUT2D eigenvalue weighted by molar-refractivity contribution is -0.118. The van der Waals surface area contributed by atoms with E-state index in [4.69, 9.17) is 5.11 Å². The Balaban J connectivity index is 2.01. The van der Waals surface area contributed by atoms with Crippen LogP contribution in [-0.4, -0.2) is 37.1 Å². The van der Waals surface area contributed by atoms with Crippen molar-refractivity contribution in [3.63, 3.8) is 0 Å². The summed E-state index contributed by atoms with van der Waals surface area (Å²) in [5.41, 5.74) is 2.56. The number of nitrogens with one attached hydrogen (secondary N) is 1. The molecule has 2 N–H and O–H groups in total. The lowest BCUT2D eigenvalue weighted by Gasteiger charge is -2.26. The van der Waals surface area contributed by atoms with Gasteiger partial charge >= 0.3 is 0 Å². The Morgan fingerprint density at radius 3 is 2.83 bits per heavy atom. The zero-order chi connectivity index (χ0) is 16.8. The molecule has 2 rings (SSSR count). The van der Waals surface area contributed by atoms with Crippen LogP contribution in [0.25, 0.3) is 0 Å². The molecule has 0 bridgehead atoms. The van der Waals surface area contributed by atoms with Crippen LogP contribution in [0.2, 0.25) is 0 Å². The second kappa shape index (κ2) is 8.11. The number of amides is 2. The van der Waals surface area contributed by atoms with Crippen LogP contribution in [0.1, 0.15) is 48.5 Å². The molecule has 0 aromatic heterocycles. The van der Waals surface area contributed by atoms with E-state index in [9.17, 15) is 9.59 Å². The van der Waals surface area contributed by atoms with E-state index in [0.29, 0.717) is 37.3 Å². The van der Waals surface area contributed by atoms with E-state index in [1.165, 1.54) is 0 Å². The molecule has 0 saturated carbocycles. The molecule has 5 heteroatoms. The van der Waals surface area contributed by atoms with Crippen LogP contribution < -0.4 is 10.2 Å². The average molecular weight is 318 g/mol. The third-order valence-corrected chi connectivity index (χ3v) is 4.47. The molecular weight excluding hydrogens is 292 g/mol. The Kier molecular flexibility index (Phi) is 6.16. The fourth-order valence-corrected chi connectivity index (χ4v) is 3.08. The maximum absolute atomic E-state index is 12.3. The van der Waals surface area contributed by atoms with Gasteiger partial charge < -0.3 is 15.3 Å². The first kappa shape index (κ1) is 17.5. The van der Waals surface area contributed by atoms with Gasteiger partial charge in [0.05, 0.1) is 0 Å². The molecule has 1 unspecified atom stereocenters. The van der Waals surface area contributed by atoms with Crippen LogP contribution in [0.5, 0.6) is 0 Å². The van der Waals surface area contributed by atoms with Crippen molar-refractivity contribution in [2.24, 2.45) is 5.92 Å². The Morgan fingerprint density at radius 1 is 1.35 bits per heavy atom. The van der Waals surface area contributed by atoms with Gasteiger partial charge in [-0.25, -0.2) is 0 Å². The lowest BCUT2D eigenvalue weighted by Crippen LogP contribution is -2.32. The van der Waals surface area contributed by atoms with Gasteiger partial charge in [-0.05, 0) is 48.9 Å². The number of carbonyl (C=O) groups excluding carboxylic acids is 2. The molecular formula is C18H26N2O3. The fourth-order valence-electron chi connectivity index (χ4n) is 3.08. The van der Waals surface area contributed by atoms with E-state index in [-0.39, 0.29) is 18.4 Å². The summed E-state index contributed by atoms with van der Waals surface area (Å²) in [6.45, 7) is 2.84. The molecule has 0 spiro atoms. The van der Waals surface area contributed by atoms with Crippen molar-refractivity contribution in [1.29, 1.82) is 0 Å². The first-order valence-electron chi connectivity index (χ1n) is 8.35. The average Bonchev–Trinajstić information content (AvgIpc) is 2.56. The number of aliphatic hydroxyl groups excluding tert-OH is 1. The summed E-state index contributed by atoms with van der Waals surface area (Å²) in [6, 6.07) is 5.50. The van der Waals surface area contributed by atoms with Crippen LogP contribution in [0.3, 0.4) is 0 Å². The van der Waals surface area contributed by atoms with Crippen molar-refractivity contribution < 1.29 is 14.7 Å². The zero-order valence-electron chi connectivity index (χ0n) is 14.0. The second-order valence-corrected chi connectivity index (χ2v) is 6.17. The number of nitrogens with zero attached hydrogens (tertiary/aromatic N) is 1. The van der Waals surface area contributed by atoms with Gasteiger partial charge in [0.25, 0.3) is 5.91 Å². The normalized spacial score (nSPS) is 15.3. The number of rotatable bonds is 7. The summed E-state index contributed by atoms with van der Waals surface area (Å²) in [4.78, 5) is 25.7. The van der Waals surface area contributed by atoms with Crippen molar-refractivity contribution >= 4 is 17.5 Å². The van der Waals surface area contributed by atoms with Crippen molar-refractivity contribution in [3.8, 4) is 0 Å². The van der Waals surface area contributed by atoms with Crippen LogP contribution in [0.4, 0.5) is 5.69 Å². The largest absolute Gasteiger partial charge is 0.396 e. The number of aliphatic hydroxyl groups is 1. The topological polar surface area (TPSA) is 69.6 Å². The highest BCUT2D eigenvalue weighted by Crippen LogP contribution is 2.27. The van der Waals surface area contributed by atoms with E-state index in [1.54, 1.807) is 18.0 Å². The summed E-state index contributed by atoms with van der Waals surface area (Å²) in [5.74, 6) is 0.336. The van der Waals surface area contributed by atoms with Crippen LogP contribution in [0, 0.1) is 5.92 Å². The third-order valence-electron chi connectivity index (χ3n) is 4.47. The van der Waals surface area contributed by atoms with Crippen molar-refractivity contribution in [1.82, 2.24) is 5.32 Å². The first-order chi connectivity index (χ1) is 11.1. The highest BCUT2D eigenvalue weighted by molar-refractivity contribution is 5.98. The van der Waals surface area contributed by atoms with Crippen LogP contribution in [-0.2, 0) is 11.2 Å².